The van der Waals surface area contributed by atoms with Gasteiger partial charge in [-0.3, -0.25) is 0 Å². The van der Waals surface area contributed by atoms with Crippen LogP contribution < -0.4 is 0 Å². The van der Waals surface area contributed by atoms with Crippen LogP contribution in [0.2, 0.25) is 0 Å². The van der Waals surface area contributed by atoms with Gasteiger partial charge in [-0.05, 0) is 23.8 Å². The van der Waals surface area contributed by atoms with E-state index in [1.807, 2.05) is 0 Å². The summed E-state index contributed by atoms with van der Waals surface area (Å²) in [7, 11) is -2.03. The topological polar surface area (TPSA) is 61.2 Å². The van der Waals surface area contributed by atoms with Crippen LogP contribution in [0.4, 0.5) is 0 Å². The van der Waals surface area contributed by atoms with E-state index in [9.17, 15) is 8.42 Å². The van der Waals surface area contributed by atoms with E-state index < -0.39 is 10.0 Å². The van der Waals surface area contributed by atoms with Crippen molar-refractivity contribution in [3.63, 3.8) is 0 Å². The third-order valence-corrected chi connectivity index (χ3v) is 4.80. The summed E-state index contributed by atoms with van der Waals surface area (Å²) in [5, 5.41) is 9.03. The maximum absolute atomic E-state index is 12.4. The summed E-state index contributed by atoms with van der Waals surface area (Å²) in [6, 6.07) is 17.3. The second kappa shape index (κ2) is 5.87. The van der Waals surface area contributed by atoms with Gasteiger partial charge in [0.25, 0.3) is 0 Å². The molecule has 0 saturated carbocycles. The van der Waals surface area contributed by atoms with Gasteiger partial charge in [0.15, 0.2) is 0 Å². The minimum Gasteiger partial charge on any atom is -0.207 e. The van der Waals surface area contributed by atoms with Gasteiger partial charge in [-0.2, -0.15) is 9.57 Å². The fraction of sp³-hybridized carbons (Fsp3) is 0.133. The molecule has 0 aliphatic carbocycles. The Bertz CT molecular complexity index is 734. The molecule has 0 unspecified atom stereocenters. The summed E-state index contributed by atoms with van der Waals surface area (Å²) in [6.07, 6.45) is 0. The van der Waals surface area contributed by atoms with Crippen molar-refractivity contribution in [1.82, 2.24) is 4.31 Å². The van der Waals surface area contributed by atoms with Crippen LogP contribution in [0.3, 0.4) is 0 Å². The lowest BCUT2D eigenvalue weighted by Gasteiger charge is -2.17. The van der Waals surface area contributed by atoms with Crippen LogP contribution in [0.5, 0.6) is 0 Å². The van der Waals surface area contributed by atoms with Crippen molar-refractivity contribution in [2.24, 2.45) is 0 Å². The smallest absolute Gasteiger partial charge is 0.207 e. The van der Waals surface area contributed by atoms with Crippen LogP contribution in [0.15, 0.2) is 59.5 Å². The van der Waals surface area contributed by atoms with E-state index in [0.717, 1.165) is 0 Å². The van der Waals surface area contributed by atoms with Crippen molar-refractivity contribution >= 4 is 10.0 Å². The molecule has 0 aliphatic heterocycles. The zero-order valence-corrected chi connectivity index (χ0v) is 11.8. The summed E-state index contributed by atoms with van der Waals surface area (Å²) < 4.78 is 26.0. The number of benzene rings is 2. The van der Waals surface area contributed by atoms with Crippen LogP contribution in [0.25, 0.3) is 0 Å². The van der Waals surface area contributed by atoms with E-state index in [4.69, 9.17) is 5.26 Å². The van der Waals surface area contributed by atoms with Gasteiger partial charge in [0.2, 0.25) is 10.0 Å². The third-order valence-electron chi connectivity index (χ3n) is 2.98. The van der Waals surface area contributed by atoms with Gasteiger partial charge in [-0.15, -0.1) is 0 Å². The normalized spacial score (nSPS) is 11.2. The SMILES string of the molecule is CN(Cc1ccccc1C#N)S(=O)(=O)c1ccccc1. The van der Waals surface area contributed by atoms with Crippen LogP contribution in [-0.2, 0) is 16.6 Å². The molecule has 0 spiro atoms. The molecule has 5 heteroatoms. The van der Waals surface area contributed by atoms with Gasteiger partial charge in [0.05, 0.1) is 16.5 Å². The number of nitriles is 1. The monoisotopic (exact) mass is 286 g/mol. The Balaban J connectivity index is 2.29. The molecule has 2 aromatic rings. The minimum absolute atomic E-state index is 0.168. The Labute approximate surface area is 118 Å². The fourth-order valence-electron chi connectivity index (χ4n) is 1.86. The second-order valence-electron chi connectivity index (χ2n) is 4.34. The first kappa shape index (κ1) is 14.3. The summed E-state index contributed by atoms with van der Waals surface area (Å²) in [6.45, 7) is 0.168. The molecule has 0 saturated heterocycles. The molecule has 2 aromatic carbocycles. The predicted octanol–water partition coefficient (Wildman–Crippen LogP) is 2.38. The van der Waals surface area contributed by atoms with Crippen molar-refractivity contribution in [2.45, 2.75) is 11.4 Å². The summed E-state index contributed by atoms with van der Waals surface area (Å²) >= 11 is 0. The molecule has 102 valence electrons. The van der Waals surface area contributed by atoms with E-state index >= 15 is 0 Å². The molecule has 0 N–H and O–H groups in total. The van der Waals surface area contributed by atoms with Gasteiger partial charge in [0, 0.05) is 13.6 Å². The standard InChI is InChI=1S/C15H14N2O2S/c1-17(12-14-8-6-5-7-13(14)11-16)20(18,19)15-9-3-2-4-10-15/h2-10H,12H2,1H3. The first-order valence-corrected chi connectivity index (χ1v) is 7.49. The Morgan fingerprint density at radius 1 is 1.05 bits per heavy atom. The summed E-state index contributed by atoms with van der Waals surface area (Å²) in [4.78, 5) is 0.247. The molecule has 2 rings (SSSR count). The van der Waals surface area contributed by atoms with E-state index in [2.05, 4.69) is 6.07 Å². The van der Waals surface area contributed by atoms with Gasteiger partial charge in [0.1, 0.15) is 0 Å². The largest absolute Gasteiger partial charge is 0.243 e. The minimum atomic E-state index is -3.54. The van der Waals surface area contributed by atoms with Crippen molar-refractivity contribution in [2.75, 3.05) is 7.05 Å². The number of nitrogens with zero attached hydrogens (tertiary/aromatic N) is 2. The van der Waals surface area contributed by atoms with E-state index in [-0.39, 0.29) is 11.4 Å². The first-order valence-electron chi connectivity index (χ1n) is 6.05. The quantitative estimate of drug-likeness (QED) is 0.867. The second-order valence-corrected chi connectivity index (χ2v) is 6.39. The Morgan fingerprint density at radius 2 is 1.65 bits per heavy atom. The van der Waals surface area contributed by atoms with E-state index in [0.29, 0.717) is 11.1 Å². The number of hydrogen-bond acceptors (Lipinski definition) is 3. The molecule has 0 aromatic heterocycles. The molecule has 0 bridgehead atoms. The van der Waals surface area contributed by atoms with Crippen LogP contribution >= 0.6 is 0 Å². The van der Waals surface area contributed by atoms with Crippen molar-refractivity contribution < 1.29 is 8.42 Å². The first-order chi connectivity index (χ1) is 9.55. The summed E-state index contributed by atoms with van der Waals surface area (Å²) in [5.41, 5.74) is 1.18. The maximum Gasteiger partial charge on any atom is 0.243 e. The average molecular weight is 286 g/mol. The van der Waals surface area contributed by atoms with E-state index in [1.54, 1.807) is 54.6 Å². The van der Waals surface area contributed by atoms with Gasteiger partial charge in [-0.1, -0.05) is 36.4 Å². The molecular formula is C15H14N2O2S. The van der Waals surface area contributed by atoms with Crippen LogP contribution in [-0.4, -0.2) is 19.8 Å². The third kappa shape index (κ3) is 2.87. The molecule has 0 amide bonds. The lowest BCUT2D eigenvalue weighted by atomic mass is 10.1. The number of rotatable bonds is 4. The Morgan fingerprint density at radius 3 is 2.30 bits per heavy atom. The van der Waals surface area contributed by atoms with Crippen molar-refractivity contribution in [1.29, 1.82) is 5.26 Å². The van der Waals surface area contributed by atoms with E-state index in [1.165, 1.54) is 11.4 Å². The maximum atomic E-state index is 12.4. The lowest BCUT2D eigenvalue weighted by Crippen LogP contribution is -2.26. The van der Waals surface area contributed by atoms with Gasteiger partial charge >= 0.3 is 0 Å². The van der Waals surface area contributed by atoms with Crippen molar-refractivity contribution in [3.8, 4) is 6.07 Å². The molecule has 0 atom stereocenters. The molecule has 0 aliphatic rings. The van der Waals surface area contributed by atoms with Crippen molar-refractivity contribution in [3.05, 3.63) is 65.7 Å². The Kier molecular flexibility index (Phi) is 4.18. The van der Waals surface area contributed by atoms with Crippen LogP contribution in [0, 0.1) is 11.3 Å². The lowest BCUT2D eigenvalue weighted by molar-refractivity contribution is 0.466. The highest BCUT2D eigenvalue weighted by Gasteiger charge is 2.21. The zero-order chi connectivity index (χ0) is 14.6. The Hall–Kier alpha value is -2.16. The number of sulfonamides is 1. The predicted molar refractivity (Wildman–Crippen MR) is 76.3 cm³/mol. The molecule has 4 nitrogen and oxygen atoms in total. The summed E-state index contributed by atoms with van der Waals surface area (Å²) in [5.74, 6) is 0. The molecular weight excluding hydrogens is 272 g/mol. The highest BCUT2D eigenvalue weighted by Crippen LogP contribution is 2.17. The molecule has 0 radical (unpaired) electrons. The molecule has 0 fully saturated rings. The highest BCUT2D eigenvalue weighted by atomic mass is 32.2. The van der Waals surface area contributed by atoms with Gasteiger partial charge < -0.3 is 0 Å². The zero-order valence-electron chi connectivity index (χ0n) is 11.0. The molecule has 0 heterocycles. The average Bonchev–Trinajstić information content (AvgIpc) is 2.48. The fourth-order valence-corrected chi connectivity index (χ4v) is 3.03. The highest BCUT2D eigenvalue weighted by molar-refractivity contribution is 7.89. The van der Waals surface area contributed by atoms with Gasteiger partial charge in [-0.25, -0.2) is 8.42 Å². The van der Waals surface area contributed by atoms with Crippen LogP contribution in [0.1, 0.15) is 11.1 Å². The molecule has 20 heavy (non-hydrogen) atoms. The number of hydrogen-bond donors (Lipinski definition) is 0.